The van der Waals surface area contributed by atoms with Gasteiger partial charge in [-0.15, -0.1) is 116 Å². The predicted octanol–water partition coefficient (Wildman–Crippen LogP) is 42.8. The highest BCUT2D eigenvalue weighted by atomic mass is 35.5. The SMILES string of the molecule is C1CCC2C(C1)CC1CCCCC12.C1CCCC1.C1CCCC1.C1CCCC1.CC(C)(Cl)Cl.CC(C)(Cl)Cl.CC(C)(Cl)Cl.CC(C)(Cl)Cl.CC(C)(Cl)Cl.CC1CC2C3CCCCC3C3CCCCC3C2C1.CC1CC2CCC3CCCCC3C2C1.CC1CC2CCCCC2C1.CC1CC2CCCCC2C1.CCC1CCCC1.CCCCC1CCCC1. The molecule has 0 aromatic heterocycles. The first-order chi connectivity index (χ1) is 57.2. The summed E-state index contributed by atoms with van der Waals surface area (Å²) in [6.07, 6.45) is 101. The molecule has 19 fully saturated rings. The number of halogens is 10. The Hall–Kier alpha value is 2.90. The molecule has 19 saturated carbocycles. The maximum Gasteiger partial charge on any atom is 0.112 e. The fourth-order valence-corrected chi connectivity index (χ4v) is 28.3. The van der Waals surface area contributed by atoms with E-state index in [2.05, 4.69) is 41.5 Å². The van der Waals surface area contributed by atoms with Crippen molar-refractivity contribution in [1.29, 1.82) is 0 Å². The van der Waals surface area contributed by atoms with Gasteiger partial charge in [0.2, 0.25) is 0 Å². The topological polar surface area (TPSA) is 0 Å². The molecule has 0 bridgehead atoms. The number of rotatable bonds is 4. The van der Waals surface area contributed by atoms with Gasteiger partial charge in [0.1, 0.15) is 21.7 Å². The van der Waals surface area contributed by atoms with Crippen molar-refractivity contribution in [1.82, 2.24) is 0 Å². The van der Waals surface area contributed by atoms with Crippen molar-refractivity contribution in [3.8, 4) is 0 Å². The standard InChI is InChI=1S/C18H30.C14H24.C13H22.2C10H18.C9H18.C7H14.3C5H10.5C3H6Cl2/c1-12-10-17-15-8-4-2-6-13(15)14-7-3-5-9-16(14)18(17)11-12;1-10-8-12-7-6-11-4-2-3-5-13(11)14(12)9-10;1-3-7-12-10(5-1)9-11-6-2-4-8-13(11)12;2*1-8-6-9-4-2-3-5-10(9)7-8;1-2-3-6-9-7-4-5-8-9;1-2-7-5-3-4-6-7;3*1-2-4-5-3-1;5*1-3(2,4)5/h12-18H,2-11H2,1H3;10-14H,2-9H2,1H3;10-13H,1-9H2;2*8-10H,2-7H2,1H3;9H,2-8H2,1H3;7H,2-6H2,1H3;3*1-5H2;5*1-2H3. The van der Waals surface area contributed by atoms with Crippen LogP contribution in [0.1, 0.15) is 535 Å². The summed E-state index contributed by atoms with van der Waals surface area (Å²) in [7, 11) is 0. The highest BCUT2D eigenvalue weighted by Gasteiger charge is 2.54. The molecule has 0 saturated heterocycles. The minimum Gasteiger partial charge on any atom is -0.102 e. The Morgan fingerprint density at radius 3 is 0.653 bits per heavy atom. The molecule has 19 aliphatic carbocycles. The van der Waals surface area contributed by atoms with E-state index in [0.717, 1.165) is 118 Å². The van der Waals surface area contributed by atoms with Crippen LogP contribution in [0.2, 0.25) is 0 Å². The van der Waals surface area contributed by atoms with Gasteiger partial charge in [-0.25, -0.2) is 0 Å². The van der Waals surface area contributed by atoms with Gasteiger partial charge in [0.05, 0.1) is 0 Å². The smallest absolute Gasteiger partial charge is 0.102 e. The zero-order valence-corrected chi connectivity index (χ0v) is 90.4. The van der Waals surface area contributed by atoms with E-state index in [4.69, 9.17) is 116 Å². The van der Waals surface area contributed by atoms with E-state index in [0.29, 0.717) is 0 Å². The molecule has 10 heteroatoms. The molecule has 121 heavy (non-hydrogen) atoms. The van der Waals surface area contributed by atoms with Crippen molar-refractivity contribution in [2.24, 2.45) is 142 Å². The molecule has 19 rings (SSSR count). The highest BCUT2D eigenvalue weighted by molar-refractivity contribution is 6.49. The Morgan fingerprint density at radius 2 is 0.372 bits per heavy atom. The normalized spacial score (nSPS) is 35.9. The Kier molecular flexibility index (Phi) is 59.1. The van der Waals surface area contributed by atoms with Crippen molar-refractivity contribution >= 4 is 116 Å². The lowest BCUT2D eigenvalue weighted by atomic mass is 9.51. The number of hydrogen-bond donors (Lipinski definition) is 0. The maximum absolute atomic E-state index is 5.30. The van der Waals surface area contributed by atoms with Gasteiger partial charge in [0, 0.05) is 0 Å². The second-order valence-electron chi connectivity index (χ2n) is 46.6. The largest absolute Gasteiger partial charge is 0.112 e. The molecular weight excluding hydrogens is 1690 g/mol. The van der Waals surface area contributed by atoms with Gasteiger partial charge >= 0.3 is 0 Å². The lowest BCUT2D eigenvalue weighted by molar-refractivity contribution is -0.0484. The van der Waals surface area contributed by atoms with Gasteiger partial charge in [0.25, 0.3) is 0 Å². The van der Waals surface area contributed by atoms with Crippen LogP contribution in [0, 0.1) is 142 Å². The lowest BCUT2D eigenvalue weighted by Crippen LogP contribution is -2.46. The van der Waals surface area contributed by atoms with Crippen LogP contribution in [0.3, 0.4) is 0 Å². The van der Waals surface area contributed by atoms with Crippen molar-refractivity contribution in [3.63, 3.8) is 0 Å². The molecule has 0 amide bonds. The van der Waals surface area contributed by atoms with Crippen molar-refractivity contribution < 1.29 is 0 Å². The molecule has 19 unspecified atom stereocenters. The van der Waals surface area contributed by atoms with E-state index in [-0.39, 0.29) is 0 Å². The van der Waals surface area contributed by atoms with Crippen molar-refractivity contribution in [2.75, 3.05) is 0 Å². The van der Waals surface area contributed by atoms with Crippen LogP contribution in [0.15, 0.2) is 0 Å². The molecule has 0 heterocycles. The number of alkyl halides is 10. The second kappa shape index (κ2) is 62.5. The number of unbranched alkanes of at least 4 members (excludes halogenated alkanes) is 1. The van der Waals surface area contributed by atoms with E-state index < -0.39 is 21.7 Å². The average molecular weight is 1890 g/mol. The second-order valence-corrected chi connectivity index (χ2v) is 57.0. The molecule has 0 spiro atoms. The zero-order valence-electron chi connectivity index (χ0n) is 82.8. The fraction of sp³-hybridized carbons (Fsp3) is 1.00. The van der Waals surface area contributed by atoms with Crippen molar-refractivity contribution in [2.45, 2.75) is 556 Å². The Bertz CT molecular complexity index is 2160. The summed E-state index contributed by atoms with van der Waals surface area (Å²) in [6, 6.07) is 0. The van der Waals surface area contributed by atoms with Gasteiger partial charge in [-0.3, -0.25) is 0 Å². The van der Waals surface area contributed by atoms with Gasteiger partial charge in [0.15, 0.2) is 0 Å². The molecule has 718 valence electrons. The Labute approximate surface area is 807 Å². The third kappa shape index (κ3) is 53.1. The van der Waals surface area contributed by atoms with E-state index in [9.17, 15) is 0 Å². The summed E-state index contributed by atoms with van der Waals surface area (Å²) in [5, 5.41) is 0. The number of fused-ring (bicyclic) bond motifs is 14. The van der Waals surface area contributed by atoms with E-state index >= 15 is 0 Å². The van der Waals surface area contributed by atoms with E-state index in [1.807, 2.05) is 0 Å². The summed E-state index contributed by atoms with van der Waals surface area (Å²) in [5.74, 6) is 27.2. The van der Waals surface area contributed by atoms with Gasteiger partial charge in [-0.2, -0.15) is 0 Å². The van der Waals surface area contributed by atoms with Crippen LogP contribution in [0.25, 0.3) is 0 Å². The molecule has 19 aliphatic rings. The predicted molar refractivity (Wildman–Crippen MR) is 551 cm³/mol. The Morgan fingerprint density at radius 1 is 0.182 bits per heavy atom. The minimum atomic E-state index is -0.556. The van der Waals surface area contributed by atoms with Crippen LogP contribution >= 0.6 is 116 Å². The van der Waals surface area contributed by atoms with Gasteiger partial charge in [-0.1, -0.05) is 350 Å². The summed E-state index contributed by atoms with van der Waals surface area (Å²) in [4.78, 5) is 0. The first kappa shape index (κ1) is 114. The lowest BCUT2D eigenvalue weighted by Gasteiger charge is -2.54. The summed E-state index contributed by atoms with van der Waals surface area (Å²) in [5.41, 5.74) is 0. The monoisotopic (exact) mass is 1890 g/mol. The first-order valence-electron chi connectivity index (χ1n) is 54.1. The number of hydrogen-bond acceptors (Lipinski definition) is 0. The van der Waals surface area contributed by atoms with E-state index in [1.54, 1.807) is 288 Å². The molecule has 19 atom stereocenters. The average Bonchev–Trinajstić information content (AvgIpc) is 1.66. The third-order valence-electron chi connectivity index (χ3n) is 33.0. The zero-order chi connectivity index (χ0) is 89.0. The molecular formula is C111H204Cl10. The Balaban J connectivity index is 0.000000236. The van der Waals surface area contributed by atoms with Crippen LogP contribution in [0.4, 0.5) is 0 Å². The summed E-state index contributed by atoms with van der Waals surface area (Å²) >= 11 is 53.0. The summed E-state index contributed by atoms with van der Waals surface area (Å²) in [6.45, 7) is 31.6. The molecule has 0 aliphatic heterocycles. The molecule has 0 radical (unpaired) electrons. The minimum absolute atomic E-state index is 0.556. The van der Waals surface area contributed by atoms with Gasteiger partial charge < -0.3 is 0 Å². The molecule has 0 aromatic rings. The van der Waals surface area contributed by atoms with Crippen LogP contribution in [0.5, 0.6) is 0 Å². The third-order valence-corrected chi connectivity index (χ3v) is 33.0. The highest BCUT2D eigenvalue weighted by Crippen LogP contribution is 2.62. The maximum atomic E-state index is 5.30. The molecule has 0 nitrogen and oxygen atoms in total. The molecule has 0 N–H and O–H groups in total. The van der Waals surface area contributed by atoms with Gasteiger partial charge in [-0.05, 0) is 327 Å². The van der Waals surface area contributed by atoms with Crippen LogP contribution < -0.4 is 0 Å². The van der Waals surface area contributed by atoms with E-state index in [1.165, 1.54) is 229 Å². The quantitative estimate of drug-likeness (QED) is 0.246. The molecule has 0 aromatic carbocycles. The van der Waals surface area contributed by atoms with Crippen LogP contribution in [-0.4, -0.2) is 21.7 Å². The first-order valence-corrected chi connectivity index (χ1v) is 57.9. The van der Waals surface area contributed by atoms with Crippen LogP contribution in [-0.2, 0) is 0 Å². The summed E-state index contributed by atoms with van der Waals surface area (Å²) < 4.78 is -2.78. The van der Waals surface area contributed by atoms with Crippen molar-refractivity contribution in [3.05, 3.63) is 0 Å². The fourth-order valence-electron chi connectivity index (χ4n) is 28.3.